The lowest BCUT2D eigenvalue weighted by molar-refractivity contribution is -0.386. The molecular formula is C13H13N5O4S. The van der Waals surface area contributed by atoms with Gasteiger partial charge >= 0.3 is 5.69 Å². The van der Waals surface area contributed by atoms with E-state index in [1.807, 2.05) is 0 Å². The van der Waals surface area contributed by atoms with Gasteiger partial charge in [0.2, 0.25) is 10.5 Å². The Morgan fingerprint density at radius 2 is 2.35 bits per heavy atom. The van der Waals surface area contributed by atoms with Gasteiger partial charge in [0, 0.05) is 17.5 Å². The van der Waals surface area contributed by atoms with Crippen molar-refractivity contribution >= 4 is 24.1 Å². The lowest BCUT2D eigenvalue weighted by atomic mass is 10.2. The topological polar surface area (TPSA) is 119 Å². The van der Waals surface area contributed by atoms with E-state index < -0.39 is 16.4 Å². The third-order valence-electron chi connectivity index (χ3n) is 3.43. The molecule has 1 aromatic heterocycles. The van der Waals surface area contributed by atoms with E-state index in [4.69, 9.17) is 17.0 Å². The number of hydrogen-bond donors (Lipinski definition) is 2. The summed E-state index contributed by atoms with van der Waals surface area (Å²) < 4.78 is 6.80. The van der Waals surface area contributed by atoms with Crippen LogP contribution in [0.1, 0.15) is 30.1 Å². The SMILES string of the molecule is COc1cc(/C=N/n2c(C3CC3)n[nH]c2=S)cc([N+](=O)[O-])c1O. The third-order valence-corrected chi connectivity index (χ3v) is 3.70. The van der Waals surface area contributed by atoms with E-state index in [2.05, 4.69) is 15.3 Å². The van der Waals surface area contributed by atoms with Crippen molar-refractivity contribution in [2.75, 3.05) is 7.11 Å². The first-order valence-electron chi connectivity index (χ1n) is 6.78. The quantitative estimate of drug-likeness (QED) is 0.374. The van der Waals surface area contributed by atoms with Crippen LogP contribution in [-0.2, 0) is 0 Å². The summed E-state index contributed by atoms with van der Waals surface area (Å²) >= 11 is 5.13. The van der Waals surface area contributed by atoms with E-state index >= 15 is 0 Å². The van der Waals surface area contributed by atoms with E-state index in [-0.39, 0.29) is 5.75 Å². The van der Waals surface area contributed by atoms with Gasteiger partial charge in [-0.25, -0.2) is 0 Å². The maximum Gasteiger partial charge on any atom is 0.315 e. The molecule has 2 N–H and O–H groups in total. The highest BCUT2D eigenvalue weighted by molar-refractivity contribution is 7.71. The highest BCUT2D eigenvalue weighted by Gasteiger charge is 2.29. The summed E-state index contributed by atoms with van der Waals surface area (Å²) in [6.45, 7) is 0. The zero-order valence-electron chi connectivity index (χ0n) is 12.1. The molecule has 9 nitrogen and oxygen atoms in total. The molecule has 0 amide bonds. The van der Waals surface area contributed by atoms with Gasteiger partial charge in [0.1, 0.15) is 0 Å². The van der Waals surface area contributed by atoms with E-state index in [9.17, 15) is 15.2 Å². The fraction of sp³-hybridized carbons (Fsp3) is 0.308. The van der Waals surface area contributed by atoms with Gasteiger partial charge in [-0.2, -0.15) is 14.9 Å². The second kappa shape index (κ2) is 5.80. The van der Waals surface area contributed by atoms with Gasteiger partial charge in [-0.15, -0.1) is 0 Å². The zero-order valence-corrected chi connectivity index (χ0v) is 12.9. The molecule has 0 bridgehead atoms. The number of nitro benzene ring substituents is 1. The second-order valence-corrected chi connectivity index (χ2v) is 5.45. The lowest BCUT2D eigenvalue weighted by Gasteiger charge is -2.05. The molecule has 1 aliphatic carbocycles. The Bertz CT molecular complexity index is 853. The molecule has 1 saturated carbocycles. The van der Waals surface area contributed by atoms with E-state index in [1.54, 1.807) is 0 Å². The number of nitrogens with zero attached hydrogens (tertiary/aromatic N) is 4. The fourth-order valence-electron chi connectivity index (χ4n) is 2.13. The summed E-state index contributed by atoms with van der Waals surface area (Å²) in [5.41, 5.74) is -0.0554. The molecule has 1 heterocycles. The number of rotatable bonds is 5. The molecular weight excluding hydrogens is 322 g/mol. The Labute approximate surface area is 135 Å². The van der Waals surface area contributed by atoms with Crippen molar-refractivity contribution in [2.45, 2.75) is 18.8 Å². The molecule has 0 aliphatic heterocycles. The van der Waals surface area contributed by atoms with Crippen LogP contribution in [-0.4, -0.2) is 38.2 Å². The number of benzene rings is 1. The first-order chi connectivity index (χ1) is 11.0. The summed E-state index contributed by atoms with van der Waals surface area (Å²) in [5.74, 6) is 0.558. The van der Waals surface area contributed by atoms with Gasteiger partial charge in [0.25, 0.3) is 0 Å². The smallest absolute Gasteiger partial charge is 0.315 e. The summed E-state index contributed by atoms with van der Waals surface area (Å²) in [5, 5.41) is 31.8. The predicted molar refractivity (Wildman–Crippen MR) is 83.7 cm³/mol. The number of phenolic OH excluding ortho intramolecular Hbond substituents is 1. The summed E-state index contributed by atoms with van der Waals surface area (Å²) in [6, 6.07) is 2.66. The van der Waals surface area contributed by atoms with Crippen LogP contribution >= 0.6 is 12.2 Å². The van der Waals surface area contributed by atoms with Crippen molar-refractivity contribution in [3.63, 3.8) is 0 Å². The van der Waals surface area contributed by atoms with Gasteiger partial charge < -0.3 is 9.84 Å². The van der Waals surface area contributed by atoms with Crippen molar-refractivity contribution in [2.24, 2.45) is 5.10 Å². The summed E-state index contributed by atoms with van der Waals surface area (Å²) in [7, 11) is 1.32. The summed E-state index contributed by atoms with van der Waals surface area (Å²) in [6.07, 6.45) is 3.48. The standard InChI is InChI=1S/C13H13N5O4S/c1-22-10-5-7(4-9(11(10)19)18(20)21)6-14-17-12(8-2-3-8)15-16-13(17)23/h4-6,8,19H,2-3H2,1H3,(H,16,23)/b14-6+. The minimum Gasteiger partial charge on any atom is -0.500 e. The molecule has 10 heteroatoms. The molecule has 0 spiro atoms. The number of ether oxygens (including phenoxy) is 1. The Balaban J connectivity index is 2.00. The Morgan fingerprint density at radius 3 is 2.96 bits per heavy atom. The van der Waals surface area contributed by atoms with Crippen LogP contribution in [0, 0.1) is 14.9 Å². The highest BCUT2D eigenvalue weighted by atomic mass is 32.1. The molecule has 120 valence electrons. The second-order valence-electron chi connectivity index (χ2n) is 5.07. The van der Waals surface area contributed by atoms with Crippen molar-refractivity contribution < 1.29 is 14.8 Å². The van der Waals surface area contributed by atoms with Crippen molar-refractivity contribution in [1.82, 2.24) is 14.9 Å². The van der Waals surface area contributed by atoms with Crippen LogP contribution in [0.25, 0.3) is 0 Å². The summed E-state index contributed by atoms with van der Waals surface area (Å²) in [4.78, 5) is 10.3. The number of H-pyrrole nitrogens is 1. The third kappa shape index (κ3) is 2.93. The van der Waals surface area contributed by atoms with Crippen LogP contribution in [0.2, 0.25) is 0 Å². The zero-order chi connectivity index (χ0) is 16.6. The van der Waals surface area contributed by atoms with Crippen LogP contribution in [0.5, 0.6) is 11.5 Å². The Morgan fingerprint density at radius 1 is 1.61 bits per heavy atom. The molecule has 3 rings (SSSR count). The van der Waals surface area contributed by atoms with Gasteiger partial charge in [0.05, 0.1) is 18.2 Å². The predicted octanol–water partition coefficient (Wildman–Crippen LogP) is 2.32. The Kier molecular flexibility index (Phi) is 3.82. The number of aromatic hydroxyl groups is 1. The molecule has 1 aliphatic rings. The maximum atomic E-state index is 11.0. The van der Waals surface area contributed by atoms with Crippen molar-refractivity contribution in [3.05, 3.63) is 38.4 Å². The number of phenols is 1. The van der Waals surface area contributed by atoms with Gasteiger partial charge in [0.15, 0.2) is 11.6 Å². The molecule has 23 heavy (non-hydrogen) atoms. The number of nitro groups is 1. The maximum absolute atomic E-state index is 11.0. The number of aromatic nitrogens is 3. The number of hydrogen-bond acceptors (Lipinski definition) is 7. The first kappa shape index (κ1) is 15.2. The molecule has 1 aromatic carbocycles. The molecule has 0 radical (unpaired) electrons. The molecule has 0 atom stereocenters. The molecule has 1 fully saturated rings. The number of methoxy groups -OCH3 is 1. The average Bonchev–Trinajstić information content (AvgIpc) is 3.30. The van der Waals surface area contributed by atoms with Crippen LogP contribution in [0.3, 0.4) is 0 Å². The number of aromatic amines is 1. The van der Waals surface area contributed by atoms with Crippen LogP contribution in [0.4, 0.5) is 5.69 Å². The van der Waals surface area contributed by atoms with Gasteiger partial charge in [-0.05, 0) is 31.1 Å². The average molecular weight is 335 g/mol. The first-order valence-corrected chi connectivity index (χ1v) is 7.19. The molecule has 2 aromatic rings. The largest absolute Gasteiger partial charge is 0.500 e. The molecule has 0 saturated heterocycles. The van der Waals surface area contributed by atoms with E-state index in [0.29, 0.717) is 16.3 Å². The minimum absolute atomic E-state index is 0.00106. The number of nitrogens with one attached hydrogen (secondary N) is 1. The molecule has 0 unspecified atom stereocenters. The minimum atomic E-state index is -0.686. The van der Waals surface area contributed by atoms with Gasteiger partial charge in [-0.1, -0.05) is 0 Å². The Hall–Kier alpha value is -2.75. The van der Waals surface area contributed by atoms with Crippen LogP contribution < -0.4 is 4.74 Å². The van der Waals surface area contributed by atoms with Crippen molar-refractivity contribution in [1.29, 1.82) is 0 Å². The van der Waals surface area contributed by atoms with Crippen LogP contribution in [0.15, 0.2) is 17.2 Å². The van der Waals surface area contributed by atoms with Crippen molar-refractivity contribution in [3.8, 4) is 11.5 Å². The monoisotopic (exact) mass is 335 g/mol. The highest BCUT2D eigenvalue weighted by Crippen LogP contribution is 2.39. The van der Waals surface area contributed by atoms with E-state index in [1.165, 1.54) is 30.1 Å². The lowest BCUT2D eigenvalue weighted by Crippen LogP contribution is -1.98. The normalized spacial score (nSPS) is 14.3. The van der Waals surface area contributed by atoms with Gasteiger partial charge in [-0.3, -0.25) is 15.2 Å². The fourth-order valence-corrected chi connectivity index (χ4v) is 2.32. The van der Waals surface area contributed by atoms with E-state index in [0.717, 1.165) is 18.7 Å².